The molecule has 1 aliphatic rings. The number of hydrogen-bond acceptors (Lipinski definition) is 5. The van der Waals surface area contributed by atoms with Gasteiger partial charge < -0.3 is 5.32 Å². The van der Waals surface area contributed by atoms with Crippen molar-refractivity contribution in [3.05, 3.63) is 11.3 Å². The standard InChI is InChI=1S/C11H13N3OS2/c1-6-3-4-16-9(6)10(15)13-11-8(5-12)7(2)14-17-11/h6,9H,3-4H2,1-2H3,(H,13,15). The van der Waals surface area contributed by atoms with Crippen LogP contribution in [0.25, 0.3) is 0 Å². The molecule has 90 valence electrons. The number of nitrogens with one attached hydrogen (secondary N) is 1. The second-order valence-electron chi connectivity index (χ2n) is 4.13. The highest BCUT2D eigenvalue weighted by Crippen LogP contribution is 2.33. The van der Waals surface area contributed by atoms with Gasteiger partial charge in [-0.05, 0) is 36.5 Å². The van der Waals surface area contributed by atoms with Gasteiger partial charge in [-0.2, -0.15) is 9.64 Å². The third-order valence-corrected chi connectivity index (χ3v) is 5.22. The van der Waals surface area contributed by atoms with E-state index in [1.807, 2.05) is 0 Å². The van der Waals surface area contributed by atoms with Gasteiger partial charge in [0.25, 0.3) is 0 Å². The first-order valence-corrected chi connectivity index (χ1v) is 7.24. The SMILES string of the molecule is Cc1nsc(NC(=O)C2SCCC2C)c1C#N. The van der Waals surface area contributed by atoms with Crippen molar-refractivity contribution in [2.24, 2.45) is 5.92 Å². The Kier molecular flexibility index (Phi) is 3.69. The van der Waals surface area contributed by atoms with Crippen LogP contribution in [0.5, 0.6) is 0 Å². The van der Waals surface area contributed by atoms with E-state index < -0.39 is 0 Å². The lowest BCUT2D eigenvalue weighted by Crippen LogP contribution is -2.27. The van der Waals surface area contributed by atoms with Gasteiger partial charge >= 0.3 is 0 Å². The van der Waals surface area contributed by atoms with E-state index in [9.17, 15) is 4.79 Å². The normalized spacial score (nSPS) is 23.4. The fourth-order valence-electron chi connectivity index (χ4n) is 1.80. The molecular formula is C11H13N3OS2. The van der Waals surface area contributed by atoms with Gasteiger partial charge in [-0.1, -0.05) is 6.92 Å². The van der Waals surface area contributed by atoms with E-state index in [2.05, 4.69) is 22.7 Å². The molecule has 0 bridgehead atoms. The third-order valence-electron chi connectivity index (χ3n) is 2.86. The summed E-state index contributed by atoms with van der Waals surface area (Å²) in [6, 6.07) is 2.08. The average Bonchev–Trinajstić information content (AvgIpc) is 2.85. The number of nitriles is 1. The minimum absolute atomic E-state index is 0.000139. The van der Waals surface area contributed by atoms with Gasteiger partial charge in [0, 0.05) is 0 Å². The van der Waals surface area contributed by atoms with Gasteiger partial charge in [0.1, 0.15) is 16.6 Å². The number of hydrogen-bond donors (Lipinski definition) is 1. The Balaban J connectivity index is 2.11. The lowest BCUT2D eigenvalue weighted by molar-refractivity contribution is -0.116. The average molecular weight is 267 g/mol. The molecule has 0 spiro atoms. The predicted molar refractivity (Wildman–Crippen MR) is 70.2 cm³/mol. The molecule has 4 nitrogen and oxygen atoms in total. The zero-order valence-corrected chi connectivity index (χ0v) is 11.3. The van der Waals surface area contributed by atoms with Gasteiger partial charge in [-0.25, -0.2) is 0 Å². The molecule has 1 aromatic heterocycles. The number of anilines is 1. The van der Waals surface area contributed by atoms with Crippen molar-refractivity contribution in [3.63, 3.8) is 0 Å². The van der Waals surface area contributed by atoms with Gasteiger partial charge in [-0.15, -0.1) is 11.8 Å². The highest BCUT2D eigenvalue weighted by molar-refractivity contribution is 8.00. The molecule has 2 rings (SSSR count). The summed E-state index contributed by atoms with van der Waals surface area (Å²) < 4.78 is 4.08. The molecule has 6 heteroatoms. The van der Waals surface area contributed by atoms with E-state index in [0.29, 0.717) is 22.2 Å². The number of nitrogens with zero attached hydrogens (tertiary/aromatic N) is 2. The Labute approximate surface area is 109 Å². The molecule has 1 saturated heterocycles. The van der Waals surface area contributed by atoms with Crippen LogP contribution in [0.3, 0.4) is 0 Å². The van der Waals surface area contributed by atoms with Crippen LogP contribution in [0.2, 0.25) is 0 Å². The minimum atomic E-state index is 0.000139. The van der Waals surface area contributed by atoms with E-state index in [-0.39, 0.29) is 11.2 Å². The second kappa shape index (κ2) is 5.07. The minimum Gasteiger partial charge on any atom is -0.314 e. The zero-order chi connectivity index (χ0) is 12.4. The van der Waals surface area contributed by atoms with Crippen LogP contribution in [0.15, 0.2) is 0 Å². The fourth-order valence-corrected chi connectivity index (χ4v) is 3.99. The molecule has 2 atom stereocenters. The van der Waals surface area contributed by atoms with Crippen molar-refractivity contribution in [1.82, 2.24) is 4.37 Å². The predicted octanol–water partition coefficient (Wildman–Crippen LogP) is 2.40. The van der Waals surface area contributed by atoms with Crippen molar-refractivity contribution >= 4 is 34.2 Å². The molecule has 0 saturated carbocycles. The first-order chi connectivity index (χ1) is 8.13. The number of rotatable bonds is 2. The van der Waals surface area contributed by atoms with Crippen LogP contribution < -0.4 is 5.32 Å². The summed E-state index contributed by atoms with van der Waals surface area (Å²) in [5, 5.41) is 12.4. The maximum atomic E-state index is 12.0. The van der Waals surface area contributed by atoms with Crippen molar-refractivity contribution in [2.75, 3.05) is 11.1 Å². The van der Waals surface area contributed by atoms with Gasteiger partial charge in [0.2, 0.25) is 5.91 Å². The van der Waals surface area contributed by atoms with E-state index in [1.54, 1.807) is 18.7 Å². The Morgan fingerprint density at radius 2 is 2.41 bits per heavy atom. The number of carbonyl (C=O) groups is 1. The monoisotopic (exact) mass is 267 g/mol. The largest absolute Gasteiger partial charge is 0.314 e. The Morgan fingerprint density at radius 1 is 1.65 bits per heavy atom. The van der Waals surface area contributed by atoms with Crippen molar-refractivity contribution in [2.45, 2.75) is 25.5 Å². The molecule has 2 heterocycles. The number of amides is 1. The number of thioether (sulfide) groups is 1. The number of aryl methyl sites for hydroxylation is 1. The number of carbonyl (C=O) groups excluding carboxylic acids is 1. The van der Waals surface area contributed by atoms with Gasteiger partial charge in [-0.3, -0.25) is 4.79 Å². The molecule has 0 aromatic carbocycles. The van der Waals surface area contributed by atoms with E-state index >= 15 is 0 Å². The molecule has 0 aliphatic carbocycles. The van der Waals surface area contributed by atoms with E-state index in [4.69, 9.17) is 5.26 Å². The highest BCUT2D eigenvalue weighted by Gasteiger charge is 2.31. The summed E-state index contributed by atoms with van der Waals surface area (Å²) in [4.78, 5) is 12.0. The quantitative estimate of drug-likeness (QED) is 0.893. The zero-order valence-electron chi connectivity index (χ0n) is 9.69. The second-order valence-corrected chi connectivity index (χ2v) is 6.15. The van der Waals surface area contributed by atoms with Crippen molar-refractivity contribution in [3.8, 4) is 6.07 Å². The molecule has 1 amide bonds. The van der Waals surface area contributed by atoms with Crippen LogP contribution in [0, 0.1) is 24.2 Å². The van der Waals surface area contributed by atoms with Crippen LogP contribution in [-0.4, -0.2) is 21.3 Å². The lowest BCUT2D eigenvalue weighted by atomic mass is 10.0. The van der Waals surface area contributed by atoms with E-state index in [1.165, 1.54) is 11.5 Å². The van der Waals surface area contributed by atoms with Crippen LogP contribution in [0.4, 0.5) is 5.00 Å². The molecule has 17 heavy (non-hydrogen) atoms. The highest BCUT2D eigenvalue weighted by atomic mass is 32.2. The summed E-state index contributed by atoms with van der Waals surface area (Å²) >= 11 is 2.86. The fraction of sp³-hybridized carbons (Fsp3) is 0.545. The smallest absolute Gasteiger partial charge is 0.238 e. The molecule has 1 N–H and O–H groups in total. The van der Waals surface area contributed by atoms with Gasteiger partial charge in [0.15, 0.2) is 0 Å². The molecule has 1 aromatic rings. The Hall–Kier alpha value is -1.06. The molecule has 1 aliphatic heterocycles. The van der Waals surface area contributed by atoms with Crippen LogP contribution in [-0.2, 0) is 4.79 Å². The van der Waals surface area contributed by atoms with E-state index in [0.717, 1.165) is 12.2 Å². The summed E-state index contributed by atoms with van der Waals surface area (Å²) in [6.45, 7) is 3.87. The lowest BCUT2D eigenvalue weighted by Gasteiger charge is -2.13. The van der Waals surface area contributed by atoms with Crippen LogP contribution in [0.1, 0.15) is 24.6 Å². The summed E-state index contributed by atoms with van der Waals surface area (Å²) in [6.07, 6.45) is 1.08. The first kappa shape index (κ1) is 12.4. The summed E-state index contributed by atoms with van der Waals surface area (Å²) in [5.74, 6) is 1.44. The maximum absolute atomic E-state index is 12.0. The Bertz CT molecular complexity index is 478. The van der Waals surface area contributed by atoms with Gasteiger partial charge in [0.05, 0.1) is 10.9 Å². The molecule has 2 unspecified atom stereocenters. The topological polar surface area (TPSA) is 65.8 Å². The maximum Gasteiger partial charge on any atom is 0.238 e. The first-order valence-electron chi connectivity index (χ1n) is 5.42. The number of aromatic nitrogens is 1. The molecular weight excluding hydrogens is 254 g/mol. The van der Waals surface area contributed by atoms with Crippen LogP contribution >= 0.6 is 23.3 Å². The molecule has 1 fully saturated rings. The van der Waals surface area contributed by atoms with Crippen molar-refractivity contribution < 1.29 is 4.79 Å². The third kappa shape index (κ3) is 2.45. The summed E-state index contributed by atoms with van der Waals surface area (Å²) in [5.41, 5.74) is 1.17. The Morgan fingerprint density at radius 3 is 3.00 bits per heavy atom. The molecule has 0 radical (unpaired) electrons. The van der Waals surface area contributed by atoms with Crippen molar-refractivity contribution in [1.29, 1.82) is 5.26 Å². The summed E-state index contributed by atoms with van der Waals surface area (Å²) in [7, 11) is 0.